The number of aromatic hydroxyl groups is 1. The van der Waals surface area contributed by atoms with Gasteiger partial charge in [0.25, 0.3) is 0 Å². The summed E-state index contributed by atoms with van der Waals surface area (Å²) in [5.74, 6) is 1.56. The number of benzene rings is 3. The van der Waals surface area contributed by atoms with Gasteiger partial charge < -0.3 is 14.6 Å². The van der Waals surface area contributed by atoms with Crippen molar-refractivity contribution in [2.24, 2.45) is 0 Å². The third kappa shape index (κ3) is 4.44. The maximum Gasteiger partial charge on any atom is 0.126 e. The number of likely N-dealkylation sites (tertiary alicyclic amines) is 1. The summed E-state index contributed by atoms with van der Waals surface area (Å²) in [5, 5.41) is 9.91. The van der Waals surface area contributed by atoms with Gasteiger partial charge in [0.05, 0.1) is 6.61 Å². The van der Waals surface area contributed by atoms with E-state index >= 15 is 0 Å². The van der Waals surface area contributed by atoms with Gasteiger partial charge in [0, 0.05) is 30.0 Å². The van der Waals surface area contributed by atoms with E-state index in [1.54, 1.807) is 12.1 Å². The largest absolute Gasteiger partial charge is 0.508 e. The zero-order chi connectivity index (χ0) is 21.9. The van der Waals surface area contributed by atoms with Crippen LogP contribution < -0.4 is 9.47 Å². The van der Waals surface area contributed by atoms with Gasteiger partial charge in [-0.25, -0.2) is 4.39 Å². The first-order valence-corrected chi connectivity index (χ1v) is 11.3. The number of phenols is 1. The summed E-state index contributed by atoms with van der Waals surface area (Å²) in [6, 6.07) is 20.2. The lowest BCUT2D eigenvalue weighted by molar-refractivity contribution is 0.237. The van der Waals surface area contributed by atoms with Gasteiger partial charge in [0.1, 0.15) is 29.7 Å². The first kappa shape index (κ1) is 20.8. The molecule has 4 nitrogen and oxygen atoms in total. The highest BCUT2D eigenvalue weighted by molar-refractivity contribution is 5.50. The summed E-state index contributed by atoms with van der Waals surface area (Å²) in [7, 11) is 0. The van der Waals surface area contributed by atoms with E-state index in [0.29, 0.717) is 19.0 Å². The fraction of sp³-hybridized carbons (Fsp3) is 0.333. The molecule has 1 fully saturated rings. The lowest BCUT2D eigenvalue weighted by atomic mass is 9.76. The normalized spacial score (nSPS) is 20.5. The third-order valence-electron chi connectivity index (χ3n) is 6.57. The Hall–Kier alpha value is -3.05. The van der Waals surface area contributed by atoms with Crippen LogP contribution in [0.25, 0.3) is 0 Å². The number of ether oxygens (including phenoxy) is 2. The quantitative estimate of drug-likeness (QED) is 0.572. The van der Waals surface area contributed by atoms with E-state index in [1.165, 1.54) is 38.1 Å². The van der Waals surface area contributed by atoms with E-state index in [0.717, 1.165) is 29.0 Å². The number of hydrogen-bond acceptors (Lipinski definition) is 4. The summed E-state index contributed by atoms with van der Waals surface area (Å²) in [5.41, 5.74) is 3.19. The van der Waals surface area contributed by atoms with Gasteiger partial charge in [-0.15, -0.1) is 0 Å². The topological polar surface area (TPSA) is 41.9 Å². The molecule has 5 heteroatoms. The molecule has 0 aromatic heterocycles. The molecule has 1 saturated heterocycles. The van der Waals surface area contributed by atoms with Crippen molar-refractivity contribution in [2.75, 3.05) is 32.8 Å². The van der Waals surface area contributed by atoms with Crippen LogP contribution in [0.4, 0.5) is 4.39 Å². The standard InChI is InChI=1S/C27H28FNO3/c28-21-7-3-19(4-8-21)25-18-32-26-17-22(30)9-12-24(26)27(25)20-5-10-23(11-6-20)31-16-15-29-13-1-2-14-29/h3-12,17,25,27,30H,1-2,13-16,18H2/t25-,27+/m0/s1. The predicted octanol–water partition coefficient (Wildman–Crippen LogP) is 5.31. The maximum absolute atomic E-state index is 13.5. The van der Waals surface area contributed by atoms with E-state index in [1.807, 2.05) is 30.3 Å². The first-order valence-electron chi connectivity index (χ1n) is 11.3. The molecule has 166 valence electrons. The first-order chi connectivity index (χ1) is 15.7. The molecule has 2 aliphatic rings. The lowest BCUT2D eigenvalue weighted by Gasteiger charge is -2.34. The van der Waals surface area contributed by atoms with E-state index in [2.05, 4.69) is 17.0 Å². The van der Waals surface area contributed by atoms with Crippen LogP contribution in [0.15, 0.2) is 66.7 Å². The second-order valence-corrected chi connectivity index (χ2v) is 8.64. The van der Waals surface area contributed by atoms with E-state index < -0.39 is 0 Å². The van der Waals surface area contributed by atoms with Crippen molar-refractivity contribution in [3.8, 4) is 17.2 Å². The average Bonchev–Trinajstić information content (AvgIpc) is 3.33. The highest BCUT2D eigenvalue weighted by Crippen LogP contribution is 2.47. The summed E-state index contributed by atoms with van der Waals surface area (Å²) in [6.07, 6.45) is 2.57. The number of nitrogens with zero attached hydrogens (tertiary/aromatic N) is 1. The molecule has 0 spiro atoms. The molecule has 3 aromatic carbocycles. The second kappa shape index (κ2) is 9.21. The molecular weight excluding hydrogens is 405 g/mol. The summed E-state index contributed by atoms with van der Waals surface area (Å²) >= 11 is 0. The molecule has 2 atom stereocenters. The average molecular weight is 434 g/mol. The zero-order valence-electron chi connectivity index (χ0n) is 18.0. The summed E-state index contributed by atoms with van der Waals surface area (Å²) in [4.78, 5) is 2.44. The van der Waals surface area contributed by atoms with Crippen molar-refractivity contribution in [2.45, 2.75) is 24.7 Å². The van der Waals surface area contributed by atoms with Crippen LogP contribution in [0.2, 0.25) is 0 Å². The molecule has 1 N–H and O–H groups in total. The van der Waals surface area contributed by atoms with Crippen molar-refractivity contribution < 1.29 is 19.0 Å². The van der Waals surface area contributed by atoms with E-state index in [9.17, 15) is 9.50 Å². The fourth-order valence-electron chi connectivity index (χ4n) is 4.88. The van der Waals surface area contributed by atoms with Crippen LogP contribution in [0.3, 0.4) is 0 Å². The minimum absolute atomic E-state index is 0.0310. The van der Waals surface area contributed by atoms with Crippen molar-refractivity contribution in [3.63, 3.8) is 0 Å². The minimum atomic E-state index is -0.247. The predicted molar refractivity (Wildman–Crippen MR) is 122 cm³/mol. The molecule has 0 amide bonds. The number of hydrogen-bond donors (Lipinski definition) is 1. The lowest BCUT2D eigenvalue weighted by Crippen LogP contribution is -2.25. The number of fused-ring (bicyclic) bond motifs is 1. The number of halogens is 1. The number of rotatable bonds is 6. The SMILES string of the molecule is Oc1ccc2c(c1)OC[C@@H](c1ccc(F)cc1)[C@@H]2c1ccc(OCCN2CCCC2)cc1. The molecular formula is C27H28FNO3. The Morgan fingerprint density at radius 3 is 2.41 bits per heavy atom. The van der Waals surface area contributed by atoms with E-state index in [4.69, 9.17) is 9.47 Å². The van der Waals surface area contributed by atoms with Crippen LogP contribution in [-0.4, -0.2) is 42.9 Å². The van der Waals surface area contributed by atoms with Crippen LogP contribution >= 0.6 is 0 Å². The van der Waals surface area contributed by atoms with Gasteiger partial charge in [-0.05, 0) is 67.4 Å². The van der Waals surface area contributed by atoms with Crippen LogP contribution in [0.1, 0.15) is 41.4 Å². The Kier molecular flexibility index (Phi) is 5.99. The Morgan fingerprint density at radius 2 is 1.66 bits per heavy atom. The van der Waals surface area contributed by atoms with Crippen molar-refractivity contribution in [1.82, 2.24) is 4.90 Å². The summed E-state index contributed by atoms with van der Waals surface area (Å²) in [6.45, 7) is 4.46. The minimum Gasteiger partial charge on any atom is -0.508 e. The van der Waals surface area contributed by atoms with Crippen molar-refractivity contribution >= 4 is 0 Å². The molecule has 0 radical (unpaired) electrons. The zero-order valence-corrected chi connectivity index (χ0v) is 18.0. The molecule has 0 bridgehead atoms. The molecule has 5 rings (SSSR count). The van der Waals surface area contributed by atoms with E-state index in [-0.39, 0.29) is 23.4 Å². The maximum atomic E-state index is 13.5. The molecule has 0 saturated carbocycles. The Balaban J connectivity index is 1.39. The molecule has 0 aliphatic carbocycles. The van der Waals surface area contributed by atoms with Crippen LogP contribution in [0, 0.1) is 5.82 Å². The third-order valence-corrected chi connectivity index (χ3v) is 6.57. The van der Waals surface area contributed by atoms with Crippen molar-refractivity contribution in [3.05, 3.63) is 89.2 Å². The highest BCUT2D eigenvalue weighted by atomic mass is 19.1. The van der Waals surface area contributed by atoms with Gasteiger partial charge in [0.15, 0.2) is 0 Å². The Morgan fingerprint density at radius 1 is 0.938 bits per heavy atom. The fourth-order valence-corrected chi connectivity index (χ4v) is 4.88. The molecule has 2 aliphatic heterocycles. The summed E-state index contributed by atoms with van der Waals surface area (Å²) < 4.78 is 25.5. The Bertz CT molecular complexity index is 1050. The smallest absolute Gasteiger partial charge is 0.126 e. The molecule has 3 aromatic rings. The Labute approximate surface area is 188 Å². The number of phenolic OH excluding ortho intramolecular Hbond substituents is 1. The van der Waals surface area contributed by atoms with Gasteiger partial charge >= 0.3 is 0 Å². The molecule has 32 heavy (non-hydrogen) atoms. The van der Waals surface area contributed by atoms with Crippen LogP contribution in [0.5, 0.6) is 17.2 Å². The molecule has 0 unspecified atom stereocenters. The van der Waals surface area contributed by atoms with Gasteiger partial charge in [-0.3, -0.25) is 4.90 Å². The van der Waals surface area contributed by atoms with Crippen LogP contribution in [-0.2, 0) is 0 Å². The second-order valence-electron chi connectivity index (χ2n) is 8.64. The van der Waals surface area contributed by atoms with Crippen molar-refractivity contribution in [1.29, 1.82) is 0 Å². The highest BCUT2D eigenvalue weighted by Gasteiger charge is 2.33. The monoisotopic (exact) mass is 433 g/mol. The van der Waals surface area contributed by atoms with Gasteiger partial charge in [-0.2, -0.15) is 0 Å². The molecule has 2 heterocycles. The van der Waals surface area contributed by atoms with Gasteiger partial charge in [-0.1, -0.05) is 30.3 Å². The van der Waals surface area contributed by atoms with Gasteiger partial charge in [0.2, 0.25) is 0 Å².